The Kier molecular flexibility index (Phi) is 5.27. The fourth-order valence-corrected chi connectivity index (χ4v) is 4.37. The van der Waals surface area contributed by atoms with E-state index in [2.05, 4.69) is 0 Å². The largest absolute Gasteiger partial charge is 0.379 e. The molecule has 2 aromatic rings. The van der Waals surface area contributed by atoms with Crippen LogP contribution >= 0.6 is 24.0 Å². The van der Waals surface area contributed by atoms with E-state index in [1.807, 2.05) is 27.9 Å². The van der Waals surface area contributed by atoms with Gasteiger partial charge in [0, 0.05) is 42.8 Å². The molecule has 1 amide bonds. The Bertz CT molecular complexity index is 964. The summed E-state index contributed by atoms with van der Waals surface area (Å²) in [7, 11) is 0. The summed E-state index contributed by atoms with van der Waals surface area (Å²) >= 11 is 6.68. The van der Waals surface area contributed by atoms with Gasteiger partial charge in [0.15, 0.2) is 4.32 Å². The number of aromatic nitrogens is 1. The zero-order valence-corrected chi connectivity index (χ0v) is 16.3. The summed E-state index contributed by atoms with van der Waals surface area (Å²) in [6.45, 7) is 2.38. The molecule has 4 rings (SSSR count). The number of hydrogen-bond acceptors (Lipinski definition) is 7. The van der Waals surface area contributed by atoms with Crippen LogP contribution in [-0.2, 0) is 9.53 Å². The second-order valence-electron chi connectivity index (χ2n) is 6.14. The van der Waals surface area contributed by atoms with Crippen LogP contribution in [0.5, 0.6) is 0 Å². The molecular weight excluding hydrogens is 400 g/mol. The van der Waals surface area contributed by atoms with Gasteiger partial charge in [-0.05, 0) is 30.3 Å². The summed E-state index contributed by atoms with van der Waals surface area (Å²) in [5.41, 5.74) is 1.59. The van der Waals surface area contributed by atoms with Crippen LogP contribution in [0.25, 0.3) is 11.8 Å². The van der Waals surface area contributed by atoms with Crippen molar-refractivity contribution >= 4 is 46.0 Å². The van der Waals surface area contributed by atoms with E-state index < -0.39 is 4.92 Å². The summed E-state index contributed by atoms with van der Waals surface area (Å²) in [6, 6.07) is 10.00. The third-order valence-electron chi connectivity index (χ3n) is 4.44. The summed E-state index contributed by atoms with van der Waals surface area (Å²) in [5.74, 6) is -0.145. The third-order valence-corrected chi connectivity index (χ3v) is 5.72. The molecule has 0 atom stereocenters. The Morgan fingerprint density at radius 2 is 1.89 bits per heavy atom. The van der Waals surface area contributed by atoms with Crippen molar-refractivity contribution in [2.24, 2.45) is 0 Å². The molecule has 8 nitrogen and oxygen atoms in total. The van der Waals surface area contributed by atoms with Crippen molar-refractivity contribution in [1.82, 2.24) is 14.6 Å². The van der Waals surface area contributed by atoms with Gasteiger partial charge in [0.1, 0.15) is 0 Å². The molecule has 0 unspecified atom stereocenters. The number of carbonyl (C=O) groups is 1. The van der Waals surface area contributed by atoms with Crippen molar-refractivity contribution < 1.29 is 14.5 Å². The molecule has 0 radical (unpaired) electrons. The van der Waals surface area contributed by atoms with Gasteiger partial charge in [-0.15, -0.1) is 0 Å². The quantitative estimate of drug-likeness (QED) is 0.328. The highest BCUT2D eigenvalue weighted by Gasteiger charge is 2.37. The summed E-state index contributed by atoms with van der Waals surface area (Å²) in [6.07, 6.45) is 3.64. The van der Waals surface area contributed by atoms with Crippen LogP contribution in [-0.4, -0.2) is 56.0 Å². The molecule has 0 bridgehead atoms. The van der Waals surface area contributed by atoms with Crippen molar-refractivity contribution in [2.75, 3.05) is 26.3 Å². The van der Waals surface area contributed by atoms with Crippen LogP contribution in [0.4, 0.5) is 5.69 Å². The van der Waals surface area contributed by atoms with Crippen LogP contribution < -0.4 is 0 Å². The molecule has 2 saturated heterocycles. The van der Waals surface area contributed by atoms with E-state index in [0.717, 1.165) is 11.4 Å². The van der Waals surface area contributed by atoms with Crippen molar-refractivity contribution in [2.45, 2.75) is 0 Å². The fourth-order valence-electron chi connectivity index (χ4n) is 3.07. The molecule has 1 aromatic heterocycles. The van der Waals surface area contributed by atoms with Gasteiger partial charge in [-0.1, -0.05) is 24.0 Å². The van der Waals surface area contributed by atoms with E-state index in [1.54, 1.807) is 23.2 Å². The maximum atomic E-state index is 12.9. The highest BCUT2D eigenvalue weighted by molar-refractivity contribution is 8.26. The van der Waals surface area contributed by atoms with Crippen LogP contribution in [0.3, 0.4) is 0 Å². The van der Waals surface area contributed by atoms with Crippen molar-refractivity contribution in [3.8, 4) is 5.69 Å². The average Bonchev–Trinajstić information content (AvgIpc) is 3.27. The van der Waals surface area contributed by atoms with Crippen LogP contribution in [0.15, 0.2) is 47.5 Å². The van der Waals surface area contributed by atoms with Gasteiger partial charge in [0.05, 0.1) is 23.0 Å². The first-order valence-corrected chi connectivity index (χ1v) is 9.80. The molecule has 3 heterocycles. The minimum Gasteiger partial charge on any atom is -0.379 e. The Morgan fingerprint density at radius 1 is 1.18 bits per heavy atom. The molecule has 144 valence electrons. The number of nitro benzene ring substituents is 1. The monoisotopic (exact) mass is 416 g/mol. The smallest absolute Gasteiger partial charge is 0.281 e. The molecule has 2 fully saturated rings. The number of nitrogens with zero attached hydrogens (tertiary/aromatic N) is 4. The SMILES string of the molecule is O=C1C(=Cc2cccn2-c2ccc([N+](=O)[O-])cc2)SC(=S)N1N1CCOCC1. The van der Waals surface area contributed by atoms with Gasteiger partial charge < -0.3 is 9.30 Å². The number of hydrazine groups is 1. The molecule has 10 heteroatoms. The number of thiocarbonyl (C=S) groups is 1. The number of amides is 1. The normalized spacial score (nSPS) is 19.6. The van der Waals surface area contributed by atoms with Crippen LogP contribution in [0.2, 0.25) is 0 Å². The van der Waals surface area contributed by atoms with Gasteiger partial charge in [0.25, 0.3) is 11.6 Å². The van der Waals surface area contributed by atoms with Gasteiger partial charge in [0.2, 0.25) is 0 Å². The lowest BCUT2D eigenvalue weighted by Gasteiger charge is -2.33. The lowest BCUT2D eigenvalue weighted by atomic mass is 10.2. The predicted molar refractivity (Wildman–Crippen MR) is 110 cm³/mol. The molecular formula is C18H16N4O4S2. The molecule has 1 aromatic carbocycles. The highest BCUT2D eigenvalue weighted by Crippen LogP contribution is 2.34. The lowest BCUT2D eigenvalue weighted by molar-refractivity contribution is -0.384. The number of rotatable bonds is 4. The zero-order valence-electron chi connectivity index (χ0n) is 14.7. The number of non-ortho nitro benzene ring substituents is 1. The summed E-state index contributed by atoms with van der Waals surface area (Å²) in [4.78, 5) is 23.8. The molecule has 2 aliphatic rings. The van der Waals surface area contributed by atoms with Crippen molar-refractivity contribution in [3.63, 3.8) is 0 Å². The van der Waals surface area contributed by atoms with Crippen molar-refractivity contribution in [3.05, 3.63) is 63.3 Å². The van der Waals surface area contributed by atoms with E-state index >= 15 is 0 Å². The van der Waals surface area contributed by atoms with E-state index in [4.69, 9.17) is 17.0 Å². The highest BCUT2D eigenvalue weighted by atomic mass is 32.2. The molecule has 0 aliphatic carbocycles. The molecule has 0 spiro atoms. The number of carbonyl (C=O) groups excluding carboxylic acids is 1. The Hall–Kier alpha value is -2.53. The minimum absolute atomic E-state index is 0.0313. The first-order chi connectivity index (χ1) is 13.5. The second-order valence-corrected chi connectivity index (χ2v) is 7.81. The van der Waals surface area contributed by atoms with Crippen molar-refractivity contribution in [1.29, 1.82) is 0 Å². The number of benzene rings is 1. The summed E-state index contributed by atoms with van der Waals surface area (Å²) < 4.78 is 7.71. The Labute approximate surface area is 170 Å². The topological polar surface area (TPSA) is 80.8 Å². The first kappa shape index (κ1) is 18.8. The van der Waals surface area contributed by atoms with E-state index in [1.165, 1.54) is 23.9 Å². The Balaban J connectivity index is 1.60. The van der Waals surface area contributed by atoms with Gasteiger partial charge in [-0.2, -0.15) is 0 Å². The fraction of sp³-hybridized carbons (Fsp3) is 0.222. The standard InChI is InChI=1S/C18H16N4O4S2/c23-17-16(28-18(27)21(17)19-8-10-26-11-9-19)12-15-2-1-7-20(15)13-3-5-14(6-4-13)22(24)25/h1-7,12H,8-11H2. The molecule has 0 saturated carbocycles. The average molecular weight is 416 g/mol. The van der Waals surface area contributed by atoms with E-state index in [0.29, 0.717) is 35.5 Å². The van der Waals surface area contributed by atoms with Gasteiger partial charge in [-0.25, -0.2) is 10.0 Å². The summed E-state index contributed by atoms with van der Waals surface area (Å²) in [5, 5.41) is 14.3. The van der Waals surface area contributed by atoms with Crippen LogP contribution in [0, 0.1) is 10.1 Å². The molecule has 2 aliphatic heterocycles. The maximum absolute atomic E-state index is 12.9. The molecule has 28 heavy (non-hydrogen) atoms. The first-order valence-electron chi connectivity index (χ1n) is 8.57. The van der Waals surface area contributed by atoms with Crippen LogP contribution in [0.1, 0.15) is 5.69 Å². The maximum Gasteiger partial charge on any atom is 0.281 e. The number of ether oxygens (including phenoxy) is 1. The predicted octanol–water partition coefficient (Wildman–Crippen LogP) is 2.83. The number of thioether (sulfide) groups is 1. The van der Waals surface area contributed by atoms with E-state index in [-0.39, 0.29) is 11.6 Å². The second kappa shape index (κ2) is 7.84. The Morgan fingerprint density at radius 3 is 2.57 bits per heavy atom. The number of morpholine rings is 1. The number of nitro groups is 1. The van der Waals surface area contributed by atoms with Gasteiger partial charge in [-0.3, -0.25) is 14.9 Å². The van der Waals surface area contributed by atoms with Gasteiger partial charge >= 0.3 is 0 Å². The zero-order chi connectivity index (χ0) is 19.7. The minimum atomic E-state index is -0.433. The lowest BCUT2D eigenvalue weighted by Crippen LogP contribution is -2.50. The third kappa shape index (κ3) is 3.59. The van der Waals surface area contributed by atoms with E-state index in [9.17, 15) is 14.9 Å². The molecule has 0 N–H and O–H groups in total. The number of hydrogen-bond donors (Lipinski definition) is 0.